The SMILES string of the molecule is Cc1ccc(NC2CCN(CC3(Cc4ccccc4)COCCO3)CC2)c(N)c1. The molecule has 2 aliphatic rings. The van der Waals surface area contributed by atoms with E-state index in [1.165, 1.54) is 11.1 Å². The third-order valence-corrected chi connectivity index (χ3v) is 6.04. The second kappa shape index (κ2) is 9.16. The molecule has 29 heavy (non-hydrogen) atoms. The Labute approximate surface area is 174 Å². The number of anilines is 2. The van der Waals surface area contributed by atoms with Gasteiger partial charge in [-0.2, -0.15) is 0 Å². The van der Waals surface area contributed by atoms with Crippen LogP contribution in [-0.2, 0) is 15.9 Å². The topological polar surface area (TPSA) is 59.8 Å². The quantitative estimate of drug-likeness (QED) is 0.734. The van der Waals surface area contributed by atoms with Gasteiger partial charge in [0.1, 0.15) is 5.60 Å². The van der Waals surface area contributed by atoms with Crippen LogP contribution in [0.25, 0.3) is 0 Å². The Balaban J connectivity index is 1.34. The summed E-state index contributed by atoms with van der Waals surface area (Å²) in [5.41, 5.74) is 10.3. The van der Waals surface area contributed by atoms with Crippen molar-refractivity contribution < 1.29 is 9.47 Å². The molecule has 2 aromatic carbocycles. The summed E-state index contributed by atoms with van der Waals surface area (Å²) < 4.78 is 12.2. The molecule has 0 saturated carbocycles. The van der Waals surface area contributed by atoms with Gasteiger partial charge in [0.15, 0.2) is 0 Å². The molecular formula is C24H33N3O2. The highest BCUT2D eigenvalue weighted by Crippen LogP contribution is 2.27. The number of nitrogens with two attached hydrogens (primary N) is 1. The molecule has 4 rings (SSSR count). The molecule has 0 aliphatic carbocycles. The standard InChI is InChI=1S/C24H33N3O2/c1-19-7-8-23(22(25)15-19)26-21-9-11-27(12-10-21)17-24(18-28-13-14-29-24)16-20-5-3-2-4-6-20/h2-8,15,21,26H,9-14,16-18,25H2,1H3. The van der Waals surface area contributed by atoms with Crippen LogP contribution in [0.1, 0.15) is 24.0 Å². The van der Waals surface area contributed by atoms with E-state index >= 15 is 0 Å². The summed E-state index contributed by atoms with van der Waals surface area (Å²) in [4.78, 5) is 2.54. The van der Waals surface area contributed by atoms with Crippen molar-refractivity contribution in [3.63, 3.8) is 0 Å². The van der Waals surface area contributed by atoms with Crippen LogP contribution in [0.5, 0.6) is 0 Å². The van der Waals surface area contributed by atoms with E-state index in [1.807, 2.05) is 6.07 Å². The fraction of sp³-hybridized carbons (Fsp3) is 0.500. The Morgan fingerprint density at radius 3 is 2.59 bits per heavy atom. The number of rotatable bonds is 6. The lowest BCUT2D eigenvalue weighted by Gasteiger charge is -2.43. The first-order chi connectivity index (χ1) is 14.1. The fourth-order valence-electron chi connectivity index (χ4n) is 4.51. The minimum Gasteiger partial charge on any atom is -0.397 e. The molecule has 2 aromatic rings. The zero-order valence-corrected chi connectivity index (χ0v) is 17.4. The van der Waals surface area contributed by atoms with Crippen LogP contribution in [0, 0.1) is 6.92 Å². The van der Waals surface area contributed by atoms with Crippen molar-refractivity contribution in [2.24, 2.45) is 0 Å². The van der Waals surface area contributed by atoms with Gasteiger partial charge in [0.2, 0.25) is 0 Å². The lowest BCUT2D eigenvalue weighted by molar-refractivity contribution is -0.166. The molecule has 1 unspecified atom stereocenters. The van der Waals surface area contributed by atoms with E-state index in [-0.39, 0.29) is 5.60 Å². The molecular weight excluding hydrogens is 362 g/mol. The lowest BCUT2D eigenvalue weighted by atomic mass is 9.92. The Hall–Kier alpha value is -2.08. The Morgan fingerprint density at radius 2 is 1.90 bits per heavy atom. The highest BCUT2D eigenvalue weighted by Gasteiger charge is 2.37. The predicted molar refractivity (Wildman–Crippen MR) is 118 cm³/mol. The molecule has 5 nitrogen and oxygen atoms in total. The van der Waals surface area contributed by atoms with Crippen molar-refractivity contribution in [2.45, 2.75) is 37.8 Å². The number of likely N-dealkylation sites (tertiary alicyclic amines) is 1. The molecule has 3 N–H and O–H groups in total. The molecule has 0 amide bonds. The van der Waals surface area contributed by atoms with Crippen LogP contribution in [0.15, 0.2) is 48.5 Å². The predicted octanol–water partition coefficient (Wildman–Crippen LogP) is 3.48. The van der Waals surface area contributed by atoms with Gasteiger partial charge in [-0.3, -0.25) is 0 Å². The van der Waals surface area contributed by atoms with Gasteiger partial charge in [0, 0.05) is 32.1 Å². The number of hydrogen-bond donors (Lipinski definition) is 2. The first-order valence-electron chi connectivity index (χ1n) is 10.7. The van der Waals surface area contributed by atoms with Crippen molar-refractivity contribution in [2.75, 3.05) is 50.5 Å². The maximum atomic E-state index is 6.32. The molecule has 0 spiro atoms. The smallest absolute Gasteiger partial charge is 0.108 e. The third-order valence-electron chi connectivity index (χ3n) is 6.04. The Bertz CT molecular complexity index is 782. The van der Waals surface area contributed by atoms with E-state index < -0.39 is 0 Å². The number of nitrogen functional groups attached to an aromatic ring is 1. The van der Waals surface area contributed by atoms with Crippen LogP contribution in [0.2, 0.25) is 0 Å². The monoisotopic (exact) mass is 395 g/mol. The van der Waals surface area contributed by atoms with Crippen LogP contribution in [-0.4, -0.2) is 56.0 Å². The summed E-state index contributed by atoms with van der Waals surface area (Å²) in [6.07, 6.45) is 3.11. The zero-order chi connectivity index (χ0) is 20.1. The highest BCUT2D eigenvalue weighted by molar-refractivity contribution is 5.67. The van der Waals surface area contributed by atoms with Crippen molar-refractivity contribution in [1.82, 2.24) is 4.90 Å². The summed E-state index contributed by atoms with van der Waals surface area (Å²) in [6.45, 7) is 7.15. The van der Waals surface area contributed by atoms with Gasteiger partial charge < -0.3 is 25.4 Å². The molecule has 0 aromatic heterocycles. The van der Waals surface area contributed by atoms with Crippen LogP contribution >= 0.6 is 0 Å². The van der Waals surface area contributed by atoms with Crippen LogP contribution in [0.4, 0.5) is 11.4 Å². The minimum absolute atomic E-state index is 0.249. The molecule has 2 aliphatic heterocycles. The van der Waals surface area contributed by atoms with E-state index in [4.69, 9.17) is 15.2 Å². The van der Waals surface area contributed by atoms with Gasteiger partial charge in [-0.05, 0) is 43.0 Å². The average molecular weight is 396 g/mol. The maximum Gasteiger partial charge on any atom is 0.108 e. The normalized spacial score (nSPS) is 23.8. The van der Waals surface area contributed by atoms with Gasteiger partial charge in [-0.15, -0.1) is 0 Å². The summed E-state index contributed by atoms with van der Waals surface area (Å²) in [7, 11) is 0. The molecule has 0 bridgehead atoms. The van der Waals surface area contributed by atoms with Crippen molar-refractivity contribution >= 4 is 11.4 Å². The Kier molecular flexibility index (Phi) is 6.38. The van der Waals surface area contributed by atoms with E-state index in [0.29, 0.717) is 25.9 Å². The number of aryl methyl sites for hydroxylation is 1. The number of piperidine rings is 1. The van der Waals surface area contributed by atoms with Gasteiger partial charge in [0.05, 0.1) is 31.2 Å². The molecule has 5 heteroatoms. The zero-order valence-electron chi connectivity index (χ0n) is 17.4. The number of nitrogens with zero attached hydrogens (tertiary/aromatic N) is 1. The fourth-order valence-corrected chi connectivity index (χ4v) is 4.51. The molecule has 2 heterocycles. The second-order valence-corrected chi connectivity index (χ2v) is 8.53. The number of nitrogens with one attached hydrogen (secondary N) is 1. The molecule has 2 saturated heterocycles. The van der Waals surface area contributed by atoms with Crippen molar-refractivity contribution in [1.29, 1.82) is 0 Å². The first-order valence-corrected chi connectivity index (χ1v) is 10.7. The molecule has 156 valence electrons. The second-order valence-electron chi connectivity index (χ2n) is 8.53. The molecule has 2 fully saturated rings. The summed E-state index contributed by atoms with van der Waals surface area (Å²) in [6, 6.07) is 17.3. The first kappa shape index (κ1) is 20.2. The summed E-state index contributed by atoms with van der Waals surface area (Å²) in [5, 5.41) is 3.64. The maximum absolute atomic E-state index is 6.32. The van der Waals surface area contributed by atoms with Gasteiger partial charge in [-0.25, -0.2) is 0 Å². The number of benzene rings is 2. The molecule has 1 atom stereocenters. The highest BCUT2D eigenvalue weighted by atomic mass is 16.6. The van der Waals surface area contributed by atoms with E-state index in [9.17, 15) is 0 Å². The minimum atomic E-state index is -0.249. The van der Waals surface area contributed by atoms with E-state index in [2.05, 4.69) is 59.6 Å². The number of ether oxygens (including phenoxy) is 2. The van der Waals surface area contributed by atoms with Gasteiger partial charge in [-0.1, -0.05) is 36.4 Å². The largest absolute Gasteiger partial charge is 0.397 e. The van der Waals surface area contributed by atoms with Crippen molar-refractivity contribution in [3.8, 4) is 0 Å². The number of hydrogen-bond acceptors (Lipinski definition) is 5. The van der Waals surface area contributed by atoms with Crippen LogP contribution < -0.4 is 11.1 Å². The van der Waals surface area contributed by atoms with E-state index in [1.54, 1.807) is 0 Å². The average Bonchev–Trinajstić information content (AvgIpc) is 2.73. The van der Waals surface area contributed by atoms with E-state index in [0.717, 1.165) is 50.3 Å². The summed E-state index contributed by atoms with van der Waals surface area (Å²) in [5.74, 6) is 0. The lowest BCUT2D eigenvalue weighted by Crippen LogP contribution is -2.55. The Morgan fingerprint density at radius 1 is 1.10 bits per heavy atom. The summed E-state index contributed by atoms with van der Waals surface area (Å²) >= 11 is 0. The third kappa shape index (κ3) is 5.30. The van der Waals surface area contributed by atoms with Gasteiger partial charge >= 0.3 is 0 Å². The molecule has 0 radical (unpaired) electrons. The van der Waals surface area contributed by atoms with Gasteiger partial charge in [0.25, 0.3) is 0 Å². The van der Waals surface area contributed by atoms with Crippen molar-refractivity contribution in [3.05, 3.63) is 59.7 Å². The van der Waals surface area contributed by atoms with Crippen LogP contribution in [0.3, 0.4) is 0 Å².